The van der Waals surface area contributed by atoms with Gasteiger partial charge in [-0.25, -0.2) is 13.1 Å². The second-order valence-electron chi connectivity index (χ2n) is 5.54. The first-order valence-electron chi connectivity index (χ1n) is 6.60. The third kappa shape index (κ3) is 3.50. The summed E-state index contributed by atoms with van der Waals surface area (Å²) in [6.45, 7) is 8.64. The average Bonchev–Trinajstić information content (AvgIpc) is 2.34. The summed E-state index contributed by atoms with van der Waals surface area (Å²) in [5.41, 5.74) is 7.29. The molecular weight excluding hydrogens is 276 g/mol. The minimum Gasteiger partial charge on any atom is -0.398 e. The van der Waals surface area contributed by atoms with Crippen molar-refractivity contribution in [3.05, 3.63) is 22.8 Å². The van der Waals surface area contributed by atoms with Gasteiger partial charge in [-0.15, -0.1) is 0 Å². The van der Waals surface area contributed by atoms with Crippen LogP contribution >= 0.6 is 0 Å². The van der Waals surface area contributed by atoms with Gasteiger partial charge >= 0.3 is 0 Å². The molecule has 0 saturated carbocycles. The Hall–Kier alpha value is -1.11. The molecule has 20 heavy (non-hydrogen) atoms. The van der Waals surface area contributed by atoms with Gasteiger partial charge in [-0.3, -0.25) is 0 Å². The van der Waals surface area contributed by atoms with Crippen LogP contribution in [0.15, 0.2) is 11.0 Å². The Bertz CT molecular complexity index is 581. The molecule has 0 fully saturated rings. The van der Waals surface area contributed by atoms with Crippen molar-refractivity contribution in [3.63, 3.8) is 0 Å². The average molecular weight is 300 g/mol. The highest BCUT2D eigenvalue weighted by Crippen LogP contribution is 2.27. The zero-order chi connectivity index (χ0) is 15.7. The van der Waals surface area contributed by atoms with Crippen LogP contribution in [0, 0.1) is 20.8 Å². The van der Waals surface area contributed by atoms with Gasteiger partial charge < -0.3 is 10.8 Å². The summed E-state index contributed by atoms with van der Waals surface area (Å²) in [7, 11) is -3.70. The number of anilines is 1. The van der Waals surface area contributed by atoms with E-state index in [4.69, 9.17) is 5.73 Å². The van der Waals surface area contributed by atoms with Crippen LogP contribution in [-0.2, 0) is 10.0 Å². The smallest absolute Gasteiger partial charge is 0.241 e. The molecule has 6 heteroatoms. The molecule has 0 bridgehead atoms. The fourth-order valence-electron chi connectivity index (χ4n) is 1.89. The Morgan fingerprint density at radius 1 is 1.30 bits per heavy atom. The normalized spacial score (nSPS) is 15.1. The molecule has 0 radical (unpaired) electrons. The third-order valence-electron chi connectivity index (χ3n) is 3.75. The van der Waals surface area contributed by atoms with Crippen LogP contribution in [0.3, 0.4) is 0 Å². The molecule has 114 valence electrons. The number of sulfonamides is 1. The van der Waals surface area contributed by atoms with Crippen molar-refractivity contribution in [2.75, 3.05) is 12.3 Å². The molecule has 1 atom stereocenters. The molecule has 0 aliphatic carbocycles. The number of rotatable bonds is 5. The van der Waals surface area contributed by atoms with Gasteiger partial charge in [0.25, 0.3) is 0 Å². The van der Waals surface area contributed by atoms with Crippen molar-refractivity contribution >= 4 is 15.7 Å². The van der Waals surface area contributed by atoms with Crippen molar-refractivity contribution in [1.29, 1.82) is 0 Å². The molecule has 0 amide bonds. The number of aryl methyl sites for hydroxylation is 1. The molecule has 5 nitrogen and oxygen atoms in total. The summed E-state index contributed by atoms with van der Waals surface area (Å²) >= 11 is 0. The lowest BCUT2D eigenvalue weighted by molar-refractivity contribution is 0.0613. The lowest BCUT2D eigenvalue weighted by Gasteiger charge is -2.23. The predicted octanol–water partition coefficient (Wildman–Crippen LogP) is 1.63. The number of hydrogen-bond acceptors (Lipinski definition) is 4. The van der Waals surface area contributed by atoms with Crippen LogP contribution in [-0.4, -0.2) is 25.7 Å². The second kappa shape index (κ2) is 5.71. The first kappa shape index (κ1) is 16.9. The Labute approximate surface area is 121 Å². The van der Waals surface area contributed by atoms with Crippen LogP contribution < -0.4 is 10.5 Å². The largest absolute Gasteiger partial charge is 0.398 e. The molecular formula is C14H24N2O3S. The number of nitrogen functional groups attached to an aromatic ring is 1. The Kier molecular flexibility index (Phi) is 4.84. The van der Waals surface area contributed by atoms with Gasteiger partial charge in [0.1, 0.15) is 0 Å². The van der Waals surface area contributed by atoms with E-state index in [1.807, 2.05) is 6.92 Å². The van der Waals surface area contributed by atoms with E-state index < -0.39 is 15.6 Å². The predicted molar refractivity (Wildman–Crippen MR) is 81.2 cm³/mol. The Morgan fingerprint density at radius 3 is 2.35 bits per heavy atom. The van der Waals surface area contributed by atoms with Gasteiger partial charge in [0.05, 0.1) is 10.5 Å². The summed E-state index contributed by atoms with van der Waals surface area (Å²) in [6, 6.07) is 1.77. The minimum absolute atomic E-state index is 0.0292. The quantitative estimate of drug-likeness (QED) is 0.721. The van der Waals surface area contributed by atoms with Gasteiger partial charge in [0, 0.05) is 12.2 Å². The number of nitrogens with one attached hydrogen (secondary N) is 1. The van der Waals surface area contributed by atoms with Gasteiger partial charge in [0.15, 0.2) is 0 Å². The maximum atomic E-state index is 12.5. The third-order valence-corrected chi connectivity index (χ3v) is 5.43. The number of nitrogens with two attached hydrogens (primary N) is 1. The minimum atomic E-state index is -3.70. The lowest BCUT2D eigenvalue weighted by atomic mass is 10.1. The summed E-state index contributed by atoms with van der Waals surface area (Å²) in [4.78, 5) is 0.210. The highest BCUT2D eigenvalue weighted by Gasteiger charge is 2.26. The van der Waals surface area contributed by atoms with E-state index in [-0.39, 0.29) is 11.4 Å². The van der Waals surface area contributed by atoms with E-state index in [0.717, 1.165) is 5.56 Å². The van der Waals surface area contributed by atoms with E-state index in [2.05, 4.69) is 4.72 Å². The maximum Gasteiger partial charge on any atom is 0.241 e. The van der Waals surface area contributed by atoms with E-state index in [1.165, 1.54) is 0 Å². The van der Waals surface area contributed by atoms with Crippen molar-refractivity contribution in [1.82, 2.24) is 4.72 Å². The number of hydrogen-bond donors (Lipinski definition) is 3. The standard InChI is InChI=1S/C14H24N2O3S/c1-6-14(5,17)8-16-20(18,19)13-10(3)9(2)7-12(15)11(13)4/h7,16-17H,6,8,15H2,1-5H3. The Balaban J connectivity index is 3.24. The molecule has 0 saturated heterocycles. The fourth-order valence-corrected chi connectivity index (χ4v) is 3.62. The summed E-state index contributed by atoms with van der Waals surface area (Å²) in [6.07, 6.45) is 0.462. The molecule has 0 spiro atoms. The lowest BCUT2D eigenvalue weighted by Crippen LogP contribution is -2.40. The zero-order valence-corrected chi connectivity index (χ0v) is 13.6. The summed E-state index contributed by atoms with van der Waals surface area (Å²) in [5, 5.41) is 9.93. The van der Waals surface area contributed by atoms with Crippen LogP contribution in [0.25, 0.3) is 0 Å². The number of benzene rings is 1. The van der Waals surface area contributed by atoms with Gasteiger partial charge in [-0.2, -0.15) is 0 Å². The fraction of sp³-hybridized carbons (Fsp3) is 0.571. The molecule has 1 unspecified atom stereocenters. The maximum absolute atomic E-state index is 12.5. The molecule has 0 aliphatic rings. The van der Waals surface area contributed by atoms with Crippen molar-refractivity contribution in [2.45, 2.75) is 51.5 Å². The summed E-state index contributed by atoms with van der Waals surface area (Å²) < 4.78 is 27.4. The molecule has 0 heterocycles. The first-order valence-corrected chi connectivity index (χ1v) is 8.08. The van der Waals surface area contributed by atoms with Gasteiger partial charge in [0.2, 0.25) is 10.0 Å². The monoisotopic (exact) mass is 300 g/mol. The van der Waals surface area contributed by atoms with Crippen LogP contribution in [0.2, 0.25) is 0 Å². The van der Waals surface area contributed by atoms with Crippen LogP contribution in [0.5, 0.6) is 0 Å². The highest BCUT2D eigenvalue weighted by molar-refractivity contribution is 7.89. The first-order chi connectivity index (χ1) is 9.02. The van der Waals surface area contributed by atoms with Crippen LogP contribution in [0.4, 0.5) is 5.69 Å². The highest BCUT2D eigenvalue weighted by atomic mass is 32.2. The molecule has 1 aromatic rings. The van der Waals surface area contributed by atoms with E-state index >= 15 is 0 Å². The topological polar surface area (TPSA) is 92.4 Å². The Morgan fingerprint density at radius 2 is 1.85 bits per heavy atom. The number of aliphatic hydroxyl groups is 1. The molecule has 4 N–H and O–H groups in total. The summed E-state index contributed by atoms with van der Waals surface area (Å²) in [5.74, 6) is 0. The van der Waals surface area contributed by atoms with E-state index in [1.54, 1.807) is 33.8 Å². The van der Waals surface area contributed by atoms with E-state index in [0.29, 0.717) is 23.2 Å². The van der Waals surface area contributed by atoms with Crippen molar-refractivity contribution in [2.24, 2.45) is 0 Å². The van der Waals surface area contributed by atoms with Gasteiger partial charge in [-0.05, 0) is 56.9 Å². The molecule has 1 rings (SSSR count). The van der Waals surface area contributed by atoms with Crippen molar-refractivity contribution < 1.29 is 13.5 Å². The van der Waals surface area contributed by atoms with Gasteiger partial charge in [-0.1, -0.05) is 6.92 Å². The molecule has 0 aliphatic heterocycles. The zero-order valence-electron chi connectivity index (χ0n) is 12.7. The second-order valence-corrected chi connectivity index (χ2v) is 7.24. The van der Waals surface area contributed by atoms with Crippen molar-refractivity contribution in [3.8, 4) is 0 Å². The SMILES string of the molecule is CCC(C)(O)CNS(=O)(=O)c1c(C)c(C)cc(N)c1C. The molecule has 0 aromatic heterocycles. The van der Waals surface area contributed by atoms with Crippen LogP contribution in [0.1, 0.15) is 37.0 Å². The van der Waals surface area contributed by atoms with E-state index in [9.17, 15) is 13.5 Å². The molecule has 1 aromatic carbocycles.